The van der Waals surface area contributed by atoms with Gasteiger partial charge in [-0.3, -0.25) is 0 Å². The molecule has 1 heteroatoms. The second-order valence-corrected chi connectivity index (χ2v) is 5.67. The fourth-order valence-electron chi connectivity index (χ4n) is 2.57. The molecule has 0 saturated heterocycles. The van der Waals surface area contributed by atoms with Crippen molar-refractivity contribution in [1.29, 1.82) is 0 Å². The molecule has 1 unspecified atom stereocenters. The van der Waals surface area contributed by atoms with Gasteiger partial charge in [0, 0.05) is 0 Å². The summed E-state index contributed by atoms with van der Waals surface area (Å²) in [5, 5.41) is 0. The normalized spacial score (nSPS) is 13.2. The molecule has 0 aromatic rings. The molecular weight excluding hydrogens is 206 g/mol. The summed E-state index contributed by atoms with van der Waals surface area (Å²) in [7, 11) is 0. The third kappa shape index (κ3) is 9.64. The highest BCUT2D eigenvalue weighted by Gasteiger charge is 2.15. The first kappa shape index (κ1) is 17.0. The molecule has 0 aliphatic carbocycles. The van der Waals surface area contributed by atoms with Gasteiger partial charge in [0.15, 0.2) is 0 Å². The maximum absolute atomic E-state index is 5.83. The minimum Gasteiger partial charge on any atom is -0.330 e. The predicted molar refractivity (Wildman–Crippen MR) is 79.2 cm³/mol. The molecule has 1 atom stereocenters. The zero-order chi connectivity index (χ0) is 12.9. The molecule has 0 aromatic carbocycles. The van der Waals surface area contributed by atoms with E-state index in [9.17, 15) is 0 Å². The first-order valence-corrected chi connectivity index (χ1v) is 7.96. The summed E-state index contributed by atoms with van der Waals surface area (Å²) < 4.78 is 0. The zero-order valence-corrected chi connectivity index (χ0v) is 12.5. The smallest absolute Gasteiger partial charge is 0.00489 e. The van der Waals surface area contributed by atoms with E-state index >= 15 is 0 Å². The second-order valence-electron chi connectivity index (χ2n) is 5.67. The van der Waals surface area contributed by atoms with E-state index in [2.05, 4.69) is 20.8 Å². The largest absolute Gasteiger partial charge is 0.330 e. The van der Waals surface area contributed by atoms with E-state index < -0.39 is 0 Å². The van der Waals surface area contributed by atoms with Crippen LogP contribution in [-0.2, 0) is 0 Å². The molecule has 0 radical (unpaired) electrons. The fourth-order valence-corrected chi connectivity index (χ4v) is 2.57. The van der Waals surface area contributed by atoms with Crippen molar-refractivity contribution >= 4 is 0 Å². The molecule has 0 heterocycles. The second kappa shape index (κ2) is 12.4. The van der Waals surface area contributed by atoms with Crippen LogP contribution in [-0.4, -0.2) is 6.54 Å². The van der Waals surface area contributed by atoms with Gasteiger partial charge in [-0.15, -0.1) is 0 Å². The molecule has 1 nitrogen and oxygen atoms in total. The predicted octanol–water partition coefficient (Wildman–Crippen LogP) is 5.14. The Bertz CT molecular complexity index is 132. The molecule has 2 N–H and O–H groups in total. The van der Waals surface area contributed by atoms with Gasteiger partial charge in [0.25, 0.3) is 0 Å². The number of hydrogen-bond acceptors (Lipinski definition) is 1. The van der Waals surface area contributed by atoms with E-state index in [0.717, 1.165) is 18.4 Å². The number of nitrogens with two attached hydrogens (primary N) is 1. The Morgan fingerprint density at radius 2 is 1.24 bits per heavy atom. The molecule has 0 aromatic heterocycles. The molecule has 0 saturated carbocycles. The first-order valence-electron chi connectivity index (χ1n) is 7.96. The summed E-state index contributed by atoms with van der Waals surface area (Å²) >= 11 is 0. The average molecular weight is 241 g/mol. The van der Waals surface area contributed by atoms with Crippen molar-refractivity contribution in [3.63, 3.8) is 0 Å². The van der Waals surface area contributed by atoms with Gasteiger partial charge in [-0.25, -0.2) is 0 Å². The lowest BCUT2D eigenvalue weighted by Gasteiger charge is -2.23. The number of rotatable bonds is 12. The lowest BCUT2D eigenvalue weighted by molar-refractivity contribution is 0.301. The molecule has 0 aliphatic heterocycles. The summed E-state index contributed by atoms with van der Waals surface area (Å²) in [4.78, 5) is 0. The van der Waals surface area contributed by atoms with Gasteiger partial charge in [0.2, 0.25) is 0 Å². The molecular formula is C16H35N. The quantitative estimate of drug-likeness (QED) is 0.470. The van der Waals surface area contributed by atoms with Crippen LogP contribution in [0.25, 0.3) is 0 Å². The summed E-state index contributed by atoms with van der Waals surface area (Å²) in [6.07, 6.45) is 14.0. The monoisotopic (exact) mass is 241 g/mol. The molecule has 104 valence electrons. The Kier molecular flexibility index (Phi) is 12.4. The maximum atomic E-state index is 5.83. The van der Waals surface area contributed by atoms with Crippen LogP contribution < -0.4 is 5.73 Å². The highest BCUT2D eigenvalue weighted by atomic mass is 14.5. The molecule has 0 fully saturated rings. The van der Waals surface area contributed by atoms with Crippen LogP contribution in [0, 0.1) is 11.8 Å². The minimum atomic E-state index is 0.721. The number of hydrogen-bond donors (Lipinski definition) is 1. The Hall–Kier alpha value is -0.0400. The summed E-state index contributed by atoms with van der Waals surface area (Å²) in [5.74, 6) is 1.60. The van der Waals surface area contributed by atoms with Gasteiger partial charge in [0.05, 0.1) is 0 Å². The van der Waals surface area contributed by atoms with Crippen LogP contribution in [0.15, 0.2) is 0 Å². The van der Waals surface area contributed by atoms with Gasteiger partial charge < -0.3 is 5.73 Å². The van der Waals surface area contributed by atoms with E-state index in [4.69, 9.17) is 5.73 Å². The Morgan fingerprint density at radius 1 is 0.765 bits per heavy atom. The molecule has 0 amide bonds. The van der Waals surface area contributed by atoms with Gasteiger partial charge in [-0.05, 0) is 18.4 Å². The topological polar surface area (TPSA) is 26.0 Å². The van der Waals surface area contributed by atoms with Crippen molar-refractivity contribution in [2.45, 2.75) is 85.0 Å². The van der Waals surface area contributed by atoms with Crippen molar-refractivity contribution in [3.05, 3.63) is 0 Å². The van der Waals surface area contributed by atoms with E-state index in [1.807, 2.05) is 0 Å². The lowest BCUT2D eigenvalue weighted by atomic mass is 9.84. The summed E-state index contributed by atoms with van der Waals surface area (Å²) in [6.45, 7) is 7.77. The van der Waals surface area contributed by atoms with Gasteiger partial charge in [0.1, 0.15) is 0 Å². The Balaban J connectivity index is 3.72. The summed E-state index contributed by atoms with van der Waals surface area (Å²) in [5.41, 5.74) is 5.83. The van der Waals surface area contributed by atoms with Crippen LogP contribution in [0.1, 0.15) is 85.0 Å². The standard InChI is InChI=1S/C16H35N/c1-4-6-8-10-12-16(15(3)14-17)13-11-9-7-5-2/h15-16H,4-14,17H2,1-3H3. The van der Waals surface area contributed by atoms with Crippen LogP contribution in [0.2, 0.25) is 0 Å². The van der Waals surface area contributed by atoms with Crippen LogP contribution in [0.3, 0.4) is 0 Å². The molecule has 17 heavy (non-hydrogen) atoms. The third-order valence-corrected chi connectivity index (χ3v) is 4.03. The third-order valence-electron chi connectivity index (χ3n) is 4.03. The van der Waals surface area contributed by atoms with Crippen LogP contribution in [0.4, 0.5) is 0 Å². The lowest BCUT2D eigenvalue weighted by Crippen LogP contribution is -2.20. The fraction of sp³-hybridized carbons (Fsp3) is 1.00. The van der Waals surface area contributed by atoms with Crippen LogP contribution in [0.5, 0.6) is 0 Å². The maximum Gasteiger partial charge on any atom is -0.00489 e. The van der Waals surface area contributed by atoms with Gasteiger partial charge in [-0.1, -0.05) is 85.0 Å². The highest BCUT2D eigenvalue weighted by molar-refractivity contribution is 4.68. The Morgan fingerprint density at radius 3 is 1.59 bits per heavy atom. The van der Waals surface area contributed by atoms with Crippen molar-refractivity contribution in [3.8, 4) is 0 Å². The first-order chi connectivity index (χ1) is 8.26. The van der Waals surface area contributed by atoms with E-state index in [1.54, 1.807) is 0 Å². The van der Waals surface area contributed by atoms with Gasteiger partial charge in [-0.2, -0.15) is 0 Å². The minimum absolute atomic E-state index is 0.721. The van der Waals surface area contributed by atoms with E-state index in [1.165, 1.54) is 64.2 Å². The SMILES string of the molecule is CCCCCCC(CCCCCC)C(C)CN. The zero-order valence-electron chi connectivity index (χ0n) is 12.5. The molecule has 0 aliphatic rings. The van der Waals surface area contributed by atoms with Crippen LogP contribution >= 0.6 is 0 Å². The van der Waals surface area contributed by atoms with Crippen molar-refractivity contribution in [1.82, 2.24) is 0 Å². The van der Waals surface area contributed by atoms with Gasteiger partial charge >= 0.3 is 0 Å². The highest BCUT2D eigenvalue weighted by Crippen LogP contribution is 2.24. The summed E-state index contributed by atoms with van der Waals surface area (Å²) in [6, 6.07) is 0. The van der Waals surface area contributed by atoms with Crippen molar-refractivity contribution in [2.24, 2.45) is 17.6 Å². The number of unbranched alkanes of at least 4 members (excludes halogenated alkanes) is 6. The van der Waals surface area contributed by atoms with Crippen molar-refractivity contribution in [2.75, 3.05) is 6.54 Å². The molecule has 0 rings (SSSR count). The van der Waals surface area contributed by atoms with E-state index in [-0.39, 0.29) is 0 Å². The molecule has 0 bridgehead atoms. The Labute approximate surface area is 110 Å². The van der Waals surface area contributed by atoms with Crippen molar-refractivity contribution < 1.29 is 0 Å². The van der Waals surface area contributed by atoms with E-state index in [0.29, 0.717) is 0 Å². The average Bonchev–Trinajstić information content (AvgIpc) is 2.36. The molecule has 0 spiro atoms.